The standard InChI is InChI=1S/C30H31N3O4/c1-20(2)24-11-7-21(8-12-24)16-32-27-6-4-3-5-26(27)29(35)33(30(32)36)17-22-9-13-25(14-10-22)28(34)31-15-23-18-37-19-23/h3-14,20,23H,15-19H2,1-2H3,(H,31,34). The summed E-state index contributed by atoms with van der Waals surface area (Å²) in [6.45, 7) is 6.73. The molecule has 0 saturated carbocycles. The van der Waals surface area contributed by atoms with Crippen LogP contribution in [0.2, 0.25) is 0 Å². The zero-order chi connectivity index (χ0) is 25.9. The fourth-order valence-corrected chi connectivity index (χ4v) is 4.54. The number of rotatable bonds is 8. The smallest absolute Gasteiger partial charge is 0.332 e. The highest BCUT2D eigenvalue weighted by molar-refractivity contribution is 5.94. The monoisotopic (exact) mass is 497 g/mol. The van der Waals surface area contributed by atoms with Gasteiger partial charge in [0.2, 0.25) is 0 Å². The highest BCUT2D eigenvalue weighted by atomic mass is 16.5. The zero-order valence-electron chi connectivity index (χ0n) is 21.1. The Labute approximate surface area is 215 Å². The Morgan fingerprint density at radius 2 is 1.51 bits per heavy atom. The molecule has 0 bridgehead atoms. The fourth-order valence-electron chi connectivity index (χ4n) is 4.54. The number of para-hydroxylation sites is 1. The van der Waals surface area contributed by atoms with E-state index >= 15 is 0 Å². The Hall–Kier alpha value is -3.97. The summed E-state index contributed by atoms with van der Waals surface area (Å²) in [5.41, 5.74) is 3.47. The van der Waals surface area contributed by atoms with E-state index in [1.165, 1.54) is 10.1 Å². The van der Waals surface area contributed by atoms with Crippen molar-refractivity contribution in [2.45, 2.75) is 32.9 Å². The van der Waals surface area contributed by atoms with Gasteiger partial charge in [-0.2, -0.15) is 0 Å². The van der Waals surface area contributed by atoms with E-state index in [0.717, 1.165) is 11.1 Å². The summed E-state index contributed by atoms with van der Waals surface area (Å²) in [6.07, 6.45) is 0. The van der Waals surface area contributed by atoms with Gasteiger partial charge in [-0.15, -0.1) is 0 Å². The van der Waals surface area contributed by atoms with Crippen molar-refractivity contribution in [2.24, 2.45) is 5.92 Å². The number of nitrogens with zero attached hydrogens (tertiary/aromatic N) is 2. The van der Waals surface area contributed by atoms with Gasteiger partial charge in [-0.05, 0) is 46.9 Å². The minimum Gasteiger partial charge on any atom is -0.381 e. The van der Waals surface area contributed by atoms with Crippen molar-refractivity contribution in [1.29, 1.82) is 0 Å². The maximum Gasteiger partial charge on any atom is 0.332 e. The normalized spacial score (nSPS) is 13.6. The van der Waals surface area contributed by atoms with Crippen LogP contribution in [-0.2, 0) is 17.8 Å². The molecule has 7 heteroatoms. The lowest BCUT2D eigenvalue weighted by atomic mass is 10.0. The topological polar surface area (TPSA) is 82.3 Å². The lowest BCUT2D eigenvalue weighted by molar-refractivity contribution is -0.0298. The van der Waals surface area contributed by atoms with E-state index in [1.54, 1.807) is 34.9 Å². The summed E-state index contributed by atoms with van der Waals surface area (Å²) in [6, 6.07) is 22.5. The molecule has 1 N–H and O–H groups in total. The summed E-state index contributed by atoms with van der Waals surface area (Å²) in [7, 11) is 0. The third-order valence-electron chi connectivity index (χ3n) is 6.93. The first-order chi connectivity index (χ1) is 17.9. The van der Waals surface area contributed by atoms with E-state index in [-0.39, 0.29) is 23.7 Å². The van der Waals surface area contributed by atoms with Gasteiger partial charge in [0.05, 0.1) is 37.2 Å². The number of carbonyl (C=O) groups is 1. The molecule has 37 heavy (non-hydrogen) atoms. The van der Waals surface area contributed by atoms with Gasteiger partial charge in [0.15, 0.2) is 0 Å². The molecule has 0 unspecified atom stereocenters. The molecular weight excluding hydrogens is 466 g/mol. The third-order valence-corrected chi connectivity index (χ3v) is 6.93. The molecule has 1 aliphatic heterocycles. The van der Waals surface area contributed by atoms with Gasteiger partial charge < -0.3 is 10.1 Å². The first kappa shape index (κ1) is 24.7. The Balaban J connectivity index is 1.43. The molecule has 0 spiro atoms. The molecule has 7 nitrogen and oxygen atoms in total. The van der Waals surface area contributed by atoms with Crippen LogP contribution in [0.4, 0.5) is 0 Å². The number of hydrogen-bond acceptors (Lipinski definition) is 4. The molecular formula is C30H31N3O4. The molecule has 0 atom stereocenters. The first-order valence-electron chi connectivity index (χ1n) is 12.7. The van der Waals surface area contributed by atoms with Crippen LogP contribution < -0.4 is 16.6 Å². The minimum atomic E-state index is -0.360. The van der Waals surface area contributed by atoms with Crippen LogP contribution in [0, 0.1) is 5.92 Å². The highest BCUT2D eigenvalue weighted by Gasteiger charge is 2.19. The summed E-state index contributed by atoms with van der Waals surface area (Å²) in [5.74, 6) is 0.653. The number of nitrogens with one attached hydrogen (secondary N) is 1. The lowest BCUT2D eigenvalue weighted by Gasteiger charge is -2.25. The third kappa shape index (κ3) is 5.27. The molecule has 0 aliphatic carbocycles. The lowest BCUT2D eigenvalue weighted by Crippen LogP contribution is -2.40. The largest absolute Gasteiger partial charge is 0.381 e. The number of carbonyl (C=O) groups excluding carboxylic acids is 1. The van der Waals surface area contributed by atoms with E-state index < -0.39 is 0 Å². The minimum absolute atomic E-state index is 0.121. The SMILES string of the molecule is CC(C)c1ccc(Cn2c(=O)n(Cc3ccc(C(=O)NCC4COC4)cc3)c(=O)c3ccccc32)cc1. The molecule has 190 valence electrons. The van der Waals surface area contributed by atoms with E-state index in [2.05, 4.69) is 31.3 Å². The molecule has 1 amide bonds. The van der Waals surface area contributed by atoms with Gasteiger partial charge >= 0.3 is 5.69 Å². The second kappa shape index (κ2) is 10.6. The number of ether oxygens (including phenoxy) is 1. The van der Waals surface area contributed by atoms with Crippen molar-refractivity contribution in [1.82, 2.24) is 14.5 Å². The van der Waals surface area contributed by atoms with Crippen molar-refractivity contribution < 1.29 is 9.53 Å². The predicted octanol–water partition coefficient (Wildman–Crippen LogP) is 3.76. The Morgan fingerprint density at radius 3 is 2.14 bits per heavy atom. The van der Waals surface area contributed by atoms with E-state index in [4.69, 9.17) is 4.74 Å². The summed E-state index contributed by atoms with van der Waals surface area (Å²) in [5, 5.41) is 3.42. The molecule has 5 rings (SSSR count). The van der Waals surface area contributed by atoms with Crippen molar-refractivity contribution in [3.63, 3.8) is 0 Å². The molecule has 1 saturated heterocycles. The first-order valence-corrected chi connectivity index (χ1v) is 12.7. The van der Waals surface area contributed by atoms with Crippen LogP contribution in [0.5, 0.6) is 0 Å². The Kier molecular flexibility index (Phi) is 7.06. The second-order valence-corrected chi connectivity index (χ2v) is 9.98. The van der Waals surface area contributed by atoms with Crippen molar-refractivity contribution in [3.8, 4) is 0 Å². The summed E-state index contributed by atoms with van der Waals surface area (Å²) < 4.78 is 8.07. The molecule has 1 aromatic heterocycles. The van der Waals surface area contributed by atoms with Gasteiger partial charge in [-0.1, -0.05) is 62.4 Å². The van der Waals surface area contributed by atoms with Crippen LogP contribution in [0.1, 0.15) is 46.8 Å². The van der Waals surface area contributed by atoms with Crippen molar-refractivity contribution >= 4 is 16.8 Å². The van der Waals surface area contributed by atoms with E-state index in [9.17, 15) is 14.4 Å². The average Bonchev–Trinajstić information content (AvgIpc) is 2.88. The summed E-state index contributed by atoms with van der Waals surface area (Å²) in [4.78, 5) is 39.3. The maximum absolute atomic E-state index is 13.6. The molecule has 1 aliphatic rings. The second-order valence-electron chi connectivity index (χ2n) is 9.98. The molecule has 3 aromatic carbocycles. The van der Waals surface area contributed by atoms with E-state index in [0.29, 0.717) is 54.6 Å². The van der Waals surface area contributed by atoms with Crippen LogP contribution in [0.3, 0.4) is 0 Å². The quantitative estimate of drug-likeness (QED) is 0.402. The number of benzene rings is 3. The number of fused-ring (bicyclic) bond motifs is 1. The molecule has 1 fully saturated rings. The van der Waals surface area contributed by atoms with E-state index in [1.807, 2.05) is 30.3 Å². The van der Waals surface area contributed by atoms with Crippen molar-refractivity contribution in [2.75, 3.05) is 19.8 Å². The van der Waals surface area contributed by atoms with Crippen LogP contribution in [0.15, 0.2) is 82.4 Å². The van der Waals surface area contributed by atoms with Crippen molar-refractivity contribution in [3.05, 3.63) is 116 Å². The van der Waals surface area contributed by atoms with Gasteiger partial charge in [-0.25, -0.2) is 4.79 Å². The Bertz CT molecular complexity index is 1530. The molecule has 2 heterocycles. The van der Waals surface area contributed by atoms with Crippen LogP contribution >= 0.6 is 0 Å². The zero-order valence-corrected chi connectivity index (χ0v) is 21.1. The average molecular weight is 498 g/mol. The number of hydrogen-bond donors (Lipinski definition) is 1. The molecule has 4 aromatic rings. The maximum atomic E-state index is 13.6. The van der Waals surface area contributed by atoms with Gasteiger partial charge in [0, 0.05) is 18.0 Å². The molecule has 0 radical (unpaired) electrons. The van der Waals surface area contributed by atoms with Crippen LogP contribution in [0.25, 0.3) is 10.9 Å². The number of amides is 1. The fraction of sp³-hybridized carbons (Fsp3) is 0.300. The van der Waals surface area contributed by atoms with Gasteiger partial charge in [0.1, 0.15) is 0 Å². The number of aromatic nitrogens is 2. The Morgan fingerprint density at radius 1 is 0.892 bits per heavy atom. The summed E-state index contributed by atoms with van der Waals surface area (Å²) >= 11 is 0. The van der Waals surface area contributed by atoms with Gasteiger partial charge in [0.25, 0.3) is 11.5 Å². The predicted molar refractivity (Wildman–Crippen MR) is 144 cm³/mol. The highest BCUT2D eigenvalue weighted by Crippen LogP contribution is 2.17. The van der Waals surface area contributed by atoms with Gasteiger partial charge in [-0.3, -0.25) is 18.7 Å². The van der Waals surface area contributed by atoms with Crippen LogP contribution in [-0.4, -0.2) is 34.8 Å².